The van der Waals surface area contributed by atoms with Gasteiger partial charge in [-0.15, -0.1) is 0 Å². The largest absolute Gasteiger partial charge is 0.494 e. The molecule has 0 radical (unpaired) electrons. The maximum Gasteiger partial charge on any atom is 0.494 e. The standard InChI is InChI=1S/C19H30BNO4/c1-13-9-15(20-24-18(3,4)19(5,6)25-20)10-14(2)17(13)21-7-8-23-12-16(21)11-22/h9-10,16,22H,7-8,11-12H2,1-6H3. The maximum absolute atomic E-state index is 9.69. The van der Waals surface area contributed by atoms with Crippen LogP contribution in [0.25, 0.3) is 0 Å². The molecule has 1 N–H and O–H groups in total. The zero-order chi connectivity index (χ0) is 18.4. The van der Waals surface area contributed by atoms with Crippen LogP contribution in [-0.2, 0) is 14.0 Å². The summed E-state index contributed by atoms with van der Waals surface area (Å²) in [6, 6.07) is 4.30. The smallest absolute Gasteiger partial charge is 0.399 e. The summed E-state index contributed by atoms with van der Waals surface area (Å²) >= 11 is 0. The Labute approximate surface area is 151 Å². The first-order chi connectivity index (χ1) is 11.7. The second-order valence-electron chi connectivity index (χ2n) is 8.20. The molecule has 6 heteroatoms. The van der Waals surface area contributed by atoms with E-state index in [0.29, 0.717) is 13.2 Å². The molecule has 0 bridgehead atoms. The van der Waals surface area contributed by atoms with Gasteiger partial charge in [0.25, 0.3) is 0 Å². The number of aliphatic hydroxyl groups is 1. The number of aliphatic hydroxyl groups excluding tert-OH is 1. The molecule has 0 saturated carbocycles. The third-order valence-corrected chi connectivity index (χ3v) is 5.76. The SMILES string of the molecule is Cc1cc(B2OC(C)(C)C(C)(C)O2)cc(C)c1N1CCOCC1CO. The minimum absolute atomic E-state index is 0.00819. The lowest BCUT2D eigenvalue weighted by molar-refractivity contribution is 0.00578. The molecule has 138 valence electrons. The molecule has 0 amide bonds. The maximum atomic E-state index is 9.69. The highest BCUT2D eigenvalue weighted by atomic mass is 16.7. The predicted molar refractivity (Wildman–Crippen MR) is 101 cm³/mol. The molecule has 2 heterocycles. The molecule has 1 atom stereocenters. The average molecular weight is 347 g/mol. The van der Waals surface area contributed by atoms with Gasteiger partial charge < -0.3 is 24.1 Å². The number of benzene rings is 1. The zero-order valence-electron chi connectivity index (χ0n) is 16.3. The van der Waals surface area contributed by atoms with Gasteiger partial charge in [0.2, 0.25) is 0 Å². The molecule has 3 rings (SSSR count). The molecule has 1 unspecified atom stereocenters. The predicted octanol–water partition coefficient (Wildman–Crippen LogP) is 1.80. The van der Waals surface area contributed by atoms with Crippen molar-refractivity contribution >= 4 is 18.3 Å². The lowest BCUT2D eigenvalue weighted by atomic mass is 9.77. The highest BCUT2D eigenvalue weighted by Gasteiger charge is 2.51. The monoisotopic (exact) mass is 347 g/mol. The van der Waals surface area contributed by atoms with Crippen molar-refractivity contribution in [3.05, 3.63) is 23.3 Å². The Morgan fingerprint density at radius 1 is 1.12 bits per heavy atom. The third kappa shape index (κ3) is 3.33. The van der Waals surface area contributed by atoms with Crippen LogP contribution in [0.15, 0.2) is 12.1 Å². The van der Waals surface area contributed by atoms with Crippen LogP contribution < -0.4 is 10.4 Å². The Balaban J connectivity index is 1.91. The van der Waals surface area contributed by atoms with E-state index in [-0.39, 0.29) is 31.0 Å². The fraction of sp³-hybridized carbons (Fsp3) is 0.684. The van der Waals surface area contributed by atoms with Gasteiger partial charge in [-0.3, -0.25) is 0 Å². The van der Waals surface area contributed by atoms with Gasteiger partial charge in [-0.25, -0.2) is 0 Å². The second-order valence-corrected chi connectivity index (χ2v) is 8.20. The highest BCUT2D eigenvalue weighted by molar-refractivity contribution is 6.62. The first kappa shape index (κ1) is 18.7. The summed E-state index contributed by atoms with van der Waals surface area (Å²) in [6.45, 7) is 14.6. The van der Waals surface area contributed by atoms with Crippen molar-refractivity contribution in [1.29, 1.82) is 0 Å². The van der Waals surface area contributed by atoms with Crippen LogP contribution in [0.4, 0.5) is 5.69 Å². The van der Waals surface area contributed by atoms with Crippen LogP contribution in [0.2, 0.25) is 0 Å². The van der Waals surface area contributed by atoms with Crippen LogP contribution in [0.1, 0.15) is 38.8 Å². The fourth-order valence-corrected chi connectivity index (χ4v) is 3.66. The molecule has 0 aromatic heterocycles. The summed E-state index contributed by atoms with van der Waals surface area (Å²) in [5.74, 6) is 0. The molecule has 1 aromatic carbocycles. The summed E-state index contributed by atoms with van der Waals surface area (Å²) in [5, 5.41) is 9.69. The van der Waals surface area contributed by atoms with Crippen LogP contribution >= 0.6 is 0 Å². The van der Waals surface area contributed by atoms with Crippen LogP contribution in [0.5, 0.6) is 0 Å². The van der Waals surface area contributed by atoms with E-state index in [1.54, 1.807) is 0 Å². The van der Waals surface area contributed by atoms with Crippen LogP contribution in [-0.4, -0.2) is 55.8 Å². The van der Waals surface area contributed by atoms with Gasteiger partial charge in [0.05, 0.1) is 37.1 Å². The molecular formula is C19H30BNO4. The first-order valence-electron chi connectivity index (χ1n) is 9.08. The molecular weight excluding hydrogens is 317 g/mol. The van der Waals surface area contributed by atoms with Gasteiger partial charge in [-0.2, -0.15) is 0 Å². The van der Waals surface area contributed by atoms with Gasteiger partial charge in [0.15, 0.2) is 0 Å². The Hall–Kier alpha value is -1.08. The van der Waals surface area contributed by atoms with Gasteiger partial charge >= 0.3 is 7.12 Å². The van der Waals surface area contributed by atoms with E-state index in [9.17, 15) is 5.11 Å². The number of anilines is 1. The molecule has 2 aliphatic heterocycles. The average Bonchev–Trinajstić information content (AvgIpc) is 2.75. The molecule has 5 nitrogen and oxygen atoms in total. The van der Waals surface area contributed by atoms with E-state index < -0.39 is 0 Å². The summed E-state index contributed by atoms with van der Waals surface area (Å²) < 4.78 is 17.9. The first-order valence-corrected chi connectivity index (χ1v) is 9.08. The quantitative estimate of drug-likeness (QED) is 0.845. The van der Waals surface area contributed by atoms with E-state index in [1.807, 2.05) is 0 Å². The molecule has 2 aliphatic rings. The van der Waals surface area contributed by atoms with Gasteiger partial charge in [-0.1, -0.05) is 12.1 Å². The number of hydrogen-bond acceptors (Lipinski definition) is 5. The number of hydrogen-bond donors (Lipinski definition) is 1. The van der Waals surface area contributed by atoms with E-state index in [4.69, 9.17) is 14.0 Å². The van der Waals surface area contributed by atoms with E-state index in [2.05, 4.69) is 58.6 Å². The van der Waals surface area contributed by atoms with Crippen LogP contribution in [0, 0.1) is 13.8 Å². The van der Waals surface area contributed by atoms with Gasteiger partial charge in [0, 0.05) is 12.2 Å². The minimum Gasteiger partial charge on any atom is -0.399 e. The Kier molecular flexibility index (Phi) is 4.92. The molecule has 0 aliphatic carbocycles. The van der Waals surface area contributed by atoms with E-state index in [0.717, 1.165) is 12.0 Å². The minimum atomic E-state index is -0.352. The number of rotatable bonds is 3. The van der Waals surface area contributed by atoms with Crippen LogP contribution in [0.3, 0.4) is 0 Å². The number of ether oxygens (including phenoxy) is 1. The van der Waals surface area contributed by atoms with Gasteiger partial charge in [-0.05, 0) is 58.1 Å². The van der Waals surface area contributed by atoms with Crippen molar-refractivity contribution < 1.29 is 19.2 Å². The van der Waals surface area contributed by atoms with Crippen molar-refractivity contribution in [2.24, 2.45) is 0 Å². The zero-order valence-corrected chi connectivity index (χ0v) is 16.3. The van der Waals surface area contributed by atoms with Crippen molar-refractivity contribution in [2.75, 3.05) is 31.3 Å². The lowest BCUT2D eigenvalue weighted by Gasteiger charge is -2.38. The second kappa shape index (κ2) is 6.58. The fourth-order valence-electron chi connectivity index (χ4n) is 3.66. The molecule has 25 heavy (non-hydrogen) atoms. The molecule has 1 aromatic rings. The summed E-state index contributed by atoms with van der Waals surface area (Å²) in [5.41, 5.74) is 3.89. The molecule has 0 spiro atoms. The number of aryl methyl sites for hydroxylation is 2. The Bertz CT molecular complexity index is 607. The third-order valence-electron chi connectivity index (χ3n) is 5.76. The number of nitrogens with zero attached hydrogens (tertiary/aromatic N) is 1. The van der Waals surface area contributed by atoms with Crippen molar-refractivity contribution in [3.63, 3.8) is 0 Å². The highest BCUT2D eigenvalue weighted by Crippen LogP contribution is 2.37. The number of morpholine rings is 1. The Morgan fingerprint density at radius 2 is 1.68 bits per heavy atom. The van der Waals surface area contributed by atoms with Crippen molar-refractivity contribution in [2.45, 2.75) is 58.8 Å². The summed E-state index contributed by atoms with van der Waals surface area (Å²) in [6.07, 6.45) is 0. The van der Waals surface area contributed by atoms with Crippen molar-refractivity contribution in [3.8, 4) is 0 Å². The summed E-state index contributed by atoms with van der Waals surface area (Å²) in [7, 11) is -0.352. The Morgan fingerprint density at radius 3 is 2.20 bits per heavy atom. The summed E-state index contributed by atoms with van der Waals surface area (Å²) in [4.78, 5) is 2.27. The topological polar surface area (TPSA) is 51.2 Å². The van der Waals surface area contributed by atoms with E-state index in [1.165, 1.54) is 16.8 Å². The lowest BCUT2D eigenvalue weighted by Crippen LogP contribution is -2.48. The molecule has 2 fully saturated rings. The van der Waals surface area contributed by atoms with E-state index >= 15 is 0 Å². The normalized spacial score (nSPS) is 25.5. The molecule has 2 saturated heterocycles. The van der Waals surface area contributed by atoms with Crippen molar-refractivity contribution in [1.82, 2.24) is 0 Å². The van der Waals surface area contributed by atoms with Gasteiger partial charge in [0.1, 0.15) is 0 Å².